The highest BCUT2D eigenvalue weighted by Gasteiger charge is 2.60. The van der Waals surface area contributed by atoms with E-state index in [1.807, 2.05) is 0 Å². The van der Waals surface area contributed by atoms with E-state index in [4.69, 9.17) is 10.5 Å². The van der Waals surface area contributed by atoms with Crippen LogP contribution in [0, 0.1) is 17.7 Å². The van der Waals surface area contributed by atoms with Gasteiger partial charge in [-0.15, -0.1) is 0 Å². The van der Waals surface area contributed by atoms with Gasteiger partial charge in [0.1, 0.15) is 34.4 Å². The zero-order valence-corrected chi connectivity index (χ0v) is 19.5. The number of phenols is 1. The van der Waals surface area contributed by atoms with Crippen molar-refractivity contribution >= 4 is 35.0 Å². The average molecular weight is 524 g/mol. The molecule has 0 bridgehead atoms. The minimum atomic E-state index is -2.67. The Balaban J connectivity index is 1.51. The van der Waals surface area contributed by atoms with E-state index in [2.05, 4.69) is 5.32 Å². The van der Waals surface area contributed by atoms with Gasteiger partial charge in [-0.2, -0.15) is 0 Å². The molecule has 0 spiro atoms. The van der Waals surface area contributed by atoms with Gasteiger partial charge in [0.2, 0.25) is 5.78 Å². The van der Waals surface area contributed by atoms with E-state index in [0.29, 0.717) is 5.56 Å². The molecule has 0 aromatic heterocycles. The second kappa shape index (κ2) is 8.70. The number of hydrogen-bond donors (Lipinski definition) is 6. The third-order valence-corrected chi connectivity index (χ3v) is 7.20. The van der Waals surface area contributed by atoms with Crippen molar-refractivity contribution in [1.29, 1.82) is 0 Å². The summed E-state index contributed by atoms with van der Waals surface area (Å²) in [7, 11) is 0. The number of carbonyl (C=O) groups is 4. The van der Waals surface area contributed by atoms with Gasteiger partial charge in [-0.1, -0.05) is 6.07 Å². The molecular formula is C26H21FN2O9. The number of ether oxygens (including phenoxy) is 1. The maximum atomic E-state index is 13.5. The van der Waals surface area contributed by atoms with Crippen LogP contribution < -0.4 is 15.8 Å². The van der Waals surface area contributed by atoms with E-state index < -0.39 is 76.1 Å². The van der Waals surface area contributed by atoms with E-state index in [-0.39, 0.29) is 35.4 Å². The number of Topliss-reactive ketones (excluding diaryl/α,β-unsaturated/α-hetero) is 2. The number of primary amides is 1. The molecule has 0 heterocycles. The lowest BCUT2D eigenvalue weighted by atomic mass is 9.59. The third-order valence-electron chi connectivity index (χ3n) is 7.20. The van der Waals surface area contributed by atoms with Crippen molar-refractivity contribution in [3.63, 3.8) is 0 Å². The summed E-state index contributed by atoms with van der Waals surface area (Å²) in [5.41, 5.74) is 1.39. The molecule has 7 N–H and O–H groups in total. The lowest BCUT2D eigenvalue weighted by Crippen LogP contribution is -2.58. The number of fused-ring (bicyclic) bond motifs is 3. The Morgan fingerprint density at radius 2 is 1.74 bits per heavy atom. The standard InChI is InChI=1S/C26H21FN2O9/c27-13-2-4-14(5-3-13)38-25(36)29-15-6-1-10-7-11-8-12-9-16(30)19(24(28)35)23(34)26(12,37)22(33)18(11)21(32)17(10)20(15)31/h1-6,11-12,31-32,34,37H,7-9H2,(H2,28,35)(H,29,36). The number of carbonyl (C=O) groups excluding carboxylic acids is 4. The lowest BCUT2D eigenvalue weighted by molar-refractivity contribution is -0.147. The Kier molecular flexibility index (Phi) is 5.71. The van der Waals surface area contributed by atoms with Crippen LogP contribution in [0.5, 0.6) is 11.5 Å². The van der Waals surface area contributed by atoms with Crippen LogP contribution in [-0.4, -0.2) is 49.6 Å². The fourth-order valence-electron chi connectivity index (χ4n) is 5.44. The Morgan fingerprint density at radius 1 is 1.05 bits per heavy atom. The number of nitrogens with one attached hydrogen (secondary N) is 1. The number of benzene rings is 2. The molecular weight excluding hydrogens is 503 g/mol. The smallest absolute Gasteiger partial charge is 0.417 e. The number of amides is 2. The number of phenolic OH excluding ortho intramolecular Hbond substituents is 1. The Labute approximate surface area is 213 Å². The van der Waals surface area contributed by atoms with Crippen molar-refractivity contribution in [2.45, 2.75) is 24.9 Å². The summed E-state index contributed by atoms with van der Waals surface area (Å²) in [6.45, 7) is 0. The predicted molar refractivity (Wildman–Crippen MR) is 127 cm³/mol. The van der Waals surface area contributed by atoms with Crippen LogP contribution in [0.15, 0.2) is 53.3 Å². The highest BCUT2D eigenvalue weighted by molar-refractivity contribution is 6.22. The summed E-state index contributed by atoms with van der Waals surface area (Å²) in [6, 6.07) is 7.47. The fourth-order valence-corrected chi connectivity index (χ4v) is 5.44. The average Bonchev–Trinajstić information content (AvgIpc) is 2.84. The molecule has 12 heteroatoms. The number of anilines is 1. The number of ketones is 2. The maximum Gasteiger partial charge on any atom is 0.417 e. The minimum absolute atomic E-state index is 0.00761. The molecule has 1 fully saturated rings. The van der Waals surface area contributed by atoms with Crippen molar-refractivity contribution in [2.24, 2.45) is 17.6 Å². The second-order valence-corrected chi connectivity index (χ2v) is 9.37. The fraction of sp³-hybridized carbons (Fsp3) is 0.231. The minimum Gasteiger partial charge on any atom is -0.508 e. The maximum absolute atomic E-state index is 13.5. The summed E-state index contributed by atoms with van der Waals surface area (Å²) in [4.78, 5) is 49.9. The van der Waals surface area contributed by atoms with Gasteiger partial charge >= 0.3 is 6.09 Å². The lowest BCUT2D eigenvalue weighted by Gasteiger charge is -2.46. The quantitative estimate of drug-likeness (QED) is 0.257. The van der Waals surface area contributed by atoms with Crippen LogP contribution >= 0.6 is 0 Å². The molecule has 1 saturated carbocycles. The third kappa shape index (κ3) is 3.68. The van der Waals surface area contributed by atoms with Crippen LogP contribution in [0.2, 0.25) is 0 Å². The molecule has 3 atom stereocenters. The number of nitrogens with two attached hydrogens (primary N) is 1. The normalized spacial score (nSPS) is 24.4. The number of aliphatic hydroxyl groups excluding tert-OH is 2. The van der Waals surface area contributed by atoms with Crippen molar-refractivity contribution in [3.8, 4) is 11.5 Å². The summed E-state index contributed by atoms with van der Waals surface area (Å²) >= 11 is 0. The van der Waals surface area contributed by atoms with Crippen LogP contribution in [0.1, 0.15) is 24.0 Å². The van der Waals surface area contributed by atoms with Crippen LogP contribution in [0.3, 0.4) is 0 Å². The summed E-state index contributed by atoms with van der Waals surface area (Å²) < 4.78 is 18.1. The number of halogens is 1. The first-order valence-corrected chi connectivity index (χ1v) is 11.5. The van der Waals surface area contributed by atoms with Crippen molar-refractivity contribution in [3.05, 3.63) is 70.2 Å². The summed E-state index contributed by atoms with van der Waals surface area (Å²) in [5.74, 6) is -7.92. The van der Waals surface area contributed by atoms with Crippen LogP contribution in [0.4, 0.5) is 14.9 Å². The molecule has 3 aliphatic rings. The largest absolute Gasteiger partial charge is 0.508 e. The number of hydrogen-bond acceptors (Lipinski definition) is 9. The van der Waals surface area contributed by atoms with Crippen molar-refractivity contribution in [2.75, 3.05) is 5.32 Å². The Bertz CT molecular complexity index is 1490. The molecule has 5 rings (SSSR count). The molecule has 38 heavy (non-hydrogen) atoms. The zero-order chi connectivity index (χ0) is 27.5. The first kappa shape index (κ1) is 25.0. The highest BCUT2D eigenvalue weighted by Crippen LogP contribution is 2.52. The summed E-state index contributed by atoms with van der Waals surface area (Å²) in [5, 5.41) is 46.1. The SMILES string of the molecule is NC(=O)C1=C(O)C2(O)C(=O)C3=C(O)c4c(ccc(NC(=O)Oc5ccc(F)cc5)c4O)CC3CC2CC1=O. The Hall–Kier alpha value is -4.71. The molecule has 2 amide bonds. The number of aliphatic hydroxyl groups is 3. The zero-order valence-electron chi connectivity index (χ0n) is 19.5. The van der Waals surface area contributed by atoms with Gasteiger partial charge in [0.05, 0.1) is 11.3 Å². The molecule has 11 nitrogen and oxygen atoms in total. The second-order valence-electron chi connectivity index (χ2n) is 9.37. The van der Waals surface area contributed by atoms with E-state index in [1.54, 1.807) is 0 Å². The van der Waals surface area contributed by atoms with E-state index in [0.717, 1.165) is 12.1 Å². The summed E-state index contributed by atoms with van der Waals surface area (Å²) in [6.07, 6.45) is -1.30. The van der Waals surface area contributed by atoms with Gasteiger partial charge in [-0.25, -0.2) is 9.18 Å². The van der Waals surface area contributed by atoms with Gasteiger partial charge in [-0.05, 0) is 54.7 Å². The highest BCUT2D eigenvalue weighted by atomic mass is 19.1. The first-order chi connectivity index (χ1) is 17.9. The number of rotatable bonds is 3. The molecule has 0 aliphatic heterocycles. The molecule has 2 aromatic carbocycles. The Morgan fingerprint density at radius 3 is 2.39 bits per heavy atom. The van der Waals surface area contributed by atoms with Crippen molar-refractivity contribution in [1.82, 2.24) is 0 Å². The van der Waals surface area contributed by atoms with E-state index in [9.17, 15) is 44.0 Å². The van der Waals surface area contributed by atoms with Gasteiger partial charge < -0.3 is 30.9 Å². The molecule has 3 aliphatic carbocycles. The topological polar surface area (TPSA) is 196 Å². The molecule has 0 radical (unpaired) electrons. The van der Waals surface area contributed by atoms with Crippen molar-refractivity contribution < 1.29 is 48.7 Å². The first-order valence-electron chi connectivity index (χ1n) is 11.5. The van der Waals surface area contributed by atoms with E-state index >= 15 is 0 Å². The van der Waals surface area contributed by atoms with Gasteiger partial charge in [0.15, 0.2) is 11.4 Å². The molecule has 0 saturated heterocycles. The van der Waals surface area contributed by atoms with Gasteiger partial charge in [-0.3, -0.25) is 19.7 Å². The molecule has 3 unspecified atom stereocenters. The molecule has 196 valence electrons. The number of aromatic hydroxyl groups is 1. The monoisotopic (exact) mass is 524 g/mol. The van der Waals surface area contributed by atoms with Crippen LogP contribution in [0.25, 0.3) is 5.76 Å². The van der Waals surface area contributed by atoms with Gasteiger partial charge in [0, 0.05) is 17.9 Å². The van der Waals surface area contributed by atoms with E-state index in [1.165, 1.54) is 24.3 Å². The molecule has 2 aromatic rings. The van der Waals surface area contributed by atoms with Crippen LogP contribution in [-0.2, 0) is 20.8 Å². The van der Waals surface area contributed by atoms with Gasteiger partial charge in [0.25, 0.3) is 5.91 Å². The predicted octanol–water partition coefficient (Wildman–Crippen LogP) is 2.17.